The molecule has 1 aliphatic rings. The standard InChI is InChI=1S/C23H22N6O2/c1-15-13-24-14-20(26-15)19-12-16-6-7-25-23(30)21(16)22(28-19)27-17-2-4-18(5-3-17)29-8-10-31-11-9-29/h2-7,12-14H,8-11H2,1H3,(H,25,30)(H,27,28). The molecule has 8 nitrogen and oxygen atoms in total. The molecule has 2 N–H and O–H groups in total. The van der Waals surface area contributed by atoms with Crippen LogP contribution in [0.5, 0.6) is 0 Å². The SMILES string of the molecule is Cc1cncc(-c2cc3cc[nH]c(=O)c3c(Nc3ccc(N4CCOCC4)cc3)n2)n1. The first kappa shape index (κ1) is 19.2. The number of rotatable bonds is 4. The maximum Gasteiger partial charge on any atom is 0.259 e. The highest BCUT2D eigenvalue weighted by Gasteiger charge is 2.14. The van der Waals surface area contributed by atoms with Gasteiger partial charge in [0.2, 0.25) is 0 Å². The summed E-state index contributed by atoms with van der Waals surface area (Å²) in [4.78, 5) is 31.1. The van der Waals surface area contributed by atoms with Crippen LogP contribution in [0.3, 0.4) is 0 Å². The minimum atomic E-state index is -0.195. The van der Waals surface area contributed by atoms with Gasteiger partial charge in [0.25, 0.3) is 5.56 Å². The van der Waals surface area contributed by atoms with Crippen LogP contribution >= 0.6 is 0 Å². The third-order valence-corrected chi connectivity index (χ3v) is 5.28. The summed E-state index contributed by atoms with van der Waals surface area (Å²) in [6.45, 7) is 5.14. The van der Waals surface area contributed by atoms with Gasteiger partial charge < -0.3 is 19.9 Å². The van der Waals surface area contributed by atoms with Crippen molar-refractivity contribution in [1.29, 1.82) is 0 Å². The first-order valence-corrected chi connectivity index (χ1v) is 10.2. The Morgan fingerprint density at radius 1 is 1.03 bits per heavy atom. The number of aromatic amines is 1. The summed E-state index contributed by atoms with van der Waals surface area (Å²) in [5.41, 5.74) is 3.92. The molecule has 0 bridgehead atoms. The van der Waals surface area contributed by atoms with E-state index in [-0.39, 0.29) is 5.56 Å². The summed E-state index contributed by atoms with van der Waals surface area (Å²) in [6, 6.07) is 11.8. The highest BCUT2D eigenvalue weighted by atomic mass is 16.5. The lowest BCUT2D eigenvalue weighted by Gasteiger charge is -2.28. The molecule has 0 atom stereocenters. The summed E-state index contributed by atoms with van der Waals surface area (Å²) < 4.78 is 5.43. The van der Waals surface area contributed by atoms with E-state index in [2.05, 4.69) is 37.3 Å². The van der Waals surface area contributed by atoms with Crippen molar-refractivity contribution in [2.45, 2.75) is 6.92 Å². The number of aromatic nitrogens is 4. The molecular weight excluding hydrogens is 392 g/mol. The van der Waals surface area contributed by atoms with Crippen molar-refractivity contribution in [1.82, 2.24) is 19.9 Å². The van der Waals surface area contributed by atoms with E-state index < -0.39 is 0 Å². The zero-order chi connectivity index (χ0) is 21.2. The van der Waals surface area contributed by atoms with E-state index in [0.29, 0.717) is 22.6 Å². The molecule has 3 aromatic heterocycles. The summed E-state index contributed by atoms with van der Waals surface area (Å²) in [5.74, 6) is 0.483. The average molecular weight is 414 g/mol. The zero-order valence-electron chi connectivity index (χ0n) is 17.1. The van der Waals surface area contributed by atoms with Crippen LogP contribution in [-0.2, 0) is 4.74 Å². The third kappa shape index (κ3) is 3.97. The second-order valence-electron chi connectivity index (χ2n) is 7.44. The van der Waals surface area contributed by atoms with E-state index in [0.717, 1.165) is 48.8 Å². The van der Waals surface area contributed by atoms with E-state index in [1.807, 2.05) is 31.2 Å². The molecule has 156 valence electrons. The molecule has 0 amide bonds. The second-order valence-corrected chi connectivity index (χ2v) is 7.44. The summed E-state index contributed by atoms with van der Waals surface area (Å²) >= 11 is 0. The van der Waals surface area contributed by atoms with Crippen molar-refractivity contribution in [3.05, 3.63) is 71.0 Å². The maximum absolute atomic E-state index is 12.6. The van der Waals surface area contributed by atoms with Crippen LogP contribution in [-0.4, -0.2) is 46.2 Å². The molecule has 31 heavy (non-hydrogen) atoms. The van der Waals surface area contributed by atoms with Crippen LogP contribution in [0.1, 0.15) is 5.69 Å². The molecule has 0 aliphatic carbocycles. The molecule has 1 aliphatic heterocycles. The van der Waals surface area contributed by atoms with E-state index >= 15 is 0 Å². The molecule has 4 aromatic rings. The largest absolute Gasteiger partial charge is 0.378 e. The fourth-order valence-electron chi connectivity index (χ4n) is 3.74. The molecule has 0 radical (unpaired) electrons. The quantitative estimate of drug-likeness (QED) is 0.529. The zero-order valence-corrected chi connectivity index (χ0v) is 17.1. The summed E-state index contributed by atoms with van der Waals surface area (Å²) in [5, 5.41) is 4.61. The van der Waals surface area contributed by atoms with Crippen LogP contribution in [0.2, 0.25) is 0 Å². The summed E-state index contributed by atoms with van der Waals surface area (Å²) in [6.07, 6.45) is 5.01. The van der Waals surface area contributed by atoms with Gasteiger partial charge in [-0.3, -0.25) is 9.78 Å². The van der Waals surface area contributed by atoms with Crippen LogP contribution < -0.4 is 15.8 Å². The lowest BCUT2D eigenvalue weighted by Crippen LogP contribution is -2.36. The number of hydrogen-bond acceptors (Lipinski definition) is 7. The fourth-order valence-corrected chi connectivity index (χ4v) is 3.74. The molecule has 0 spiro atoms. The van der Waals surface area contributed by atoms with Gasteiger partial charge in [-0.2, -0.15) is 0 Å². The van der Waals surface area contributed by atoms with Crippen molar-refractivity contribution in [2.75, 3.05) is 36.5 Å². The first-order chi connectivity index (χ1) is 15.2. The smallest absolute Gasteiger partial charge is 0.259 e. The van der Waals surface area contributed by atoms with Crippen molar-refractivity contribution in [3.63, 3.8) is 0 Å². The molecule has 5 rings (SSSR count). The molecule has 4 heterocycles. The lowest BCUT2D eigenvalue weighted by molar-refractivity contribution is 0.122. The summed E-state index contributed by atoms with van der Waals surface area (Å²) in [7, 11) is 0. The fraction of sp³-hybridized carbons (Fsp3) is 0.217. The lowest BCUT2D eigenvalue weighted by atomic mass is 10.1. The van der Waals surface area contributed by atoms with Gasteiger partial charge in [-0.15, -0.1) is 0 Å². The minimum absolute atomic E-state index is 0.195. The number of benzene rings is 1. The molecular formula is C23H22N6O2. The Morgan fingerprint density at radius 3 is 2.61 bits per heavy atom. The number of aryl methyl sites for hydroxylation is 1. The minimum Gasteiger partial charge on any atom is -0.378 e. The molecule has 8 heteroatoms. The van der Waals surface area contributed by atoms with Gasteiger partial charge in [0.05, 0.1) is 36.2 Å². The van der Waals surface area contributed by atoms with Gasteiger partial charge in [0.1, 0.15) is 11.5 Å². The number of anilines is 3. The number of H-pyrrole nitrogens is 1. The van der Waals surface area contributed by atoms with Gasteiger partial charge >= 0.3 is 0 Å². The Bertz CT molecular complexity index is 1280. The Balaban J connectivity index is 1.53. The number of nitrogens with zero attached hydrogens (tertiary/aromatic N) is 4. The monoisotopic (exact) mass is 414 g/mol. The van der Waals surface area contributed by atoms with E-state index in [4.69, 9.17) is 9.72 Å². The third-order valence-electron chi connectivity index (χ3n) is 5.28. The number of morpholine rings is 1. The van der Waals surface area contributed by atoms with Crippen molar-refractivity contribution >= 4 is 28.0 Å². The second kappa shape index (κ2) is 8.16. The van der Waals surface area contributed by atoms with Gasteiger partial charge in [0, 0.05) is 36.9 Å². The number of pyridine rings is 2. The predicted octanol–water partition coefficient (Wildman–Crippen LogP) is 3.27. The Kier molecular flexibility index (Phi) is 5.05. The van der Waals surface area contributed by atoms with Crippen molar-refractivity contribution in [2.24, 2.45) is 0 Å². The molecule has 1 aromatic carbocycles. The number of nitrogens with one attached hydrogen (secondary N) is 2. The number of fused-ring (bicyclic) bond motifs is 1. The maximum atomic E-state index is 12.6. The van der Waals surface area contributed by atoms with E-state index in [1.54, 1.807) is 18.6 Å². The molecule has 1 saturated heterocycles. The van der Waals surface area contributed by atoms with Crippen LogP contribution in [0, 0.1) is 6.92 Å². The van der Waals surface area contributed by atoms with Crippen molar-refractivity contribution in [3.8, 4) is 11.4 Å². The highest BCUT2D eigenvalue weighted by Crippen LogP contribution is 2.28. The normalized spacial score (nSPS) is 14.0. The van der Waals surface area contributed by atoms with Gasteiger partial charge in [-0.25, -0.2) is 9.97 Å². The number of hydrogen-bond donors (Lipinski definition) is 2. The van der Waals surface area contributed by atoms with Gasteiger partial charge in [-0.05, 0) is 48.7 Å². The number of ether oxygens (including phenoxy) is 1. The highest BCUT2D eigenvalue weighted by molar-refractivity contribution is 5.94. The Morgan fingerprint density at radius 2 is 1.84 bits per heavy atom. The Labute approximate surface area is 179 Å². The first-order valence-electron chi connectivity index (χ1n) is 10.2. The van der Waals surface area contributed by atoms with Gasteiger partial charge in [0.15, 0.2) is 0 Å². The topological polar surface area (TPSA) is 96.0 Å². The predicted molar refractivity (Wildman–Crippen MR) is 121 cm³/mol. The van der Waals surface area contributed by atoms with Crippen LogP contribution in [0.25, 0.3) is 22.2 Å². The van der Waals surface area contributed by atoms with Gasteiger partial charge in [-0.1, -0.05) is 0 Å². The molecule has 0 saturated carbocycles. The average Bonchev–Trinajstić information content (AvgIpc) is 2.80. The van der Waals surface area contributed by atoms with E-state index in [1.165, 1.54) is 0 Å². The molecule has 0 unspecified atom stereocenters. The van der Waals surface area contributed by atoms with E-state index in [9.17, 15) is 4.79 Å². The Hall–Kier alpha value is -3.78. The molecule has 1 fully saturated rings. The van der Waals surface area contributed by atoms with Crippen LogP contribution in [0.4, 0.5) is 17.2 Å². The van der Waals surface area contributed by atoms with Crippen LogP contribution in [0.15, 0.2) is 59.8 Å². The van der Waals surface area contributed by atoms with Crippen molar-refractivity contribution < 1.29 is 4.74 Å².